The van der Waals surface area contributed by atoms with Gasteiger partial charge in [-0.1, -0.05) is 12.1 Å². The summed E-state index contributed by atoms with van der Waals surface area (Å²) < 4.78 is 12.8. The fraction of sp³-hybridized carbons (Fsp3) is 0.154. The number of phenols is 1. The first-order valence-corrected chi connectivity index (χ1v) is 5.32. The third-order valence-corrected chi connectivity index (χ3v) is 2.36. The normalized spacial score (nSPS) is 10.4. The quantitative estimate of drug-likeness (QED) is 0.849. The lowest BCUT2D eigenvalue weighted by atomic mass is 10.2. The van der Waals surface area contributed by atoms with Crippen LogP contribution in [0.4, 0.5) is 4.39 Å². The van der Waals surface area contributed by atoms with Gasteiger partial charge in [0.15, 0.2) is 0 Å². The number of nitrogens with one attached hydrogen (secondary N) is 1. The summed E-state index contributed by atoms with van der Waals surface area (Å²) in [6.07, 6.45) is 2.82. The van der Waals surface area contributed by atoms with Gasteiger partial charge in [0, 0.05) is 19.3 Å². The minimum atomic E-state index is -0.325. The SMILES string of the molecule is Oc1ccc(CNCc2cncc(F)c2)cc1. The van der Waals surface area contributed by atoms with Crippen molar-refractivity contribution in [2.24, 2.45) is 0 Å². The first kappa shape index (κ1) is 11.5. The molecule has 0 radical (unpaired) electrons. The Bertz CT molecular complexity index is 485. The van der Waals surface area contributed by atoms with Crippen molar-refractivity contribution in [3.05, 3.63) is 59.7 Å². The van der Waals surface area contributed by atoms with Crippen LogP contribution in [0.15, 0.2) is 42.7 Å². The van der Waals surface area contributed by atoms with E-state index in [0.717, 1.165) is 11.1 Å². The van der Waals surface area contributed by atoms with Gasteiger partial charge in [-0.15, -0.1) is 0 Å². The van der Waals surface area contributed by atoms with Crippen LogP contribution in [0.5, 0.6) is 5.75 Å². The molecule has 1 aromatic heterocycles. The van der Waals surface area contributed by atoms with E-state index >= 15 is 0 Å². The summed E-state index contributed by atoms with van der Waals surface area (Å²) in [5.41, 5.74) is 1.87. The molecule has 0 unspecified atom stereocenters. The molecule has 0 aliphatic carbocycles. The van der Waals surface area contributed by atoms with Gasteiger partial charge < -0.3 is 10.4 Å². The highest BCUT2D eigenvalue weighted by Crippen LogP contribution is 2.09. The van der Waals surface area contributed by atoms with Gasteiger partial charge in [-0.25, -0.2) is 4.39 Å². The highest BCUT2D eigenvalue weighted by atomic mass is 19.1. The van der Waals surface area contributed by atoms with Gasteiger partial charge in [-0.05, 0) is 29.3 Å². The predicted molar refractivity (Wildman–Crippen MR) is 62.8 cm³/mol. The summed E-state index contributed by atoms with van der Waals surface area (Å²) in [5, 5.41) is 12.3. The minimum absolute atomic E-state index is 0.253. The number of aromatic nitrogens is 1. The molecule has 2 rings (SSSR count). The Morgan fingerprint density at radius 3 is 2.47 bits per heavy atom. The number of rotatable bonds is 4. The molecule has 88 valence electrons. The van der Waals surface area contributed by atoms with Gasteiger partial charge in [-0.3, -0.25) is 4.98 Å². The molecule has 2 N–H and O–H groups in total. The third-order valence-electron chi connectivity index (χ3n) is 2.36. The Morgan fingerprint density at radius 1 is 1.06 bits per heavy atom. The lowest BCUT2D eigenvalue weighted by Gasteiger charge is -2.05. The van der Waals surface area contributed by atoms with E-state index in [1.54, 1.807) is 18.3 Å². The van der Waals surface area contributed by atoms with E-state index in [9.17, 15) is 4.39 Å². The maximum Gasteiger partial charge on any atom is 0.141 e. The van der Waals surface area contributed by atoms with Crippen LogP contribution in [0, 0.1) is 5.82 Å². The van der Waals surface area contributed by atoms with Crippen molar-refractivity contribution >= 4 is 0 Å². The molecule has 0 aliphatic heterocycles. The van der Waals surface area contributed by atoms with E-state index in [1.165, 1.54) is 12.3 Å². The topological polar surface area (TPSA) is 45.1 Å². The van der Waals surface area contributed by atoms with Crippen molar-refractivity contribution in [2.75, 3.05) is 0 Å². The number of pyridine rings is 1. The van der Waals surface area contributed by atoms with Gasteiger partial charge in [0.2, 0.25) is 0 Å². The summed E-state index contributed by atoms with van der Waals surface area (Å²) in [6.45, 7) is 1.22. The van der Waals surface area contributed by atoms with Crippen LogP contribution in [0.3, 0.4) is 0 Å². The highest BCUT2D eigenvalue weighted by Gasteiger charge is 1.97. The van der Waals surface area contributed by atoms with Gasteiger partial charge in [-0.2, -0.15) is 0 Å². The van der Waals surface area contributed by atoms with E-state index in [-0.39, 0.29) is 11.6 Å². The van der Waals surface area contributed by atoms with Crippen molar-refractivity contribution < 1.29 is 9.50 Å². The number of hydrogen-bond donors (Lipinski definition) is 2. The molecule has 3 nitrogen and oxygen atoms in total. The molecule has 2 aromatic rings. The summed E-state index contributed by atoms with van der Waals surface area (Å²) in [4.78, 5) is 3.77. The Balaban J connectivity index is 1.85. The Hall–Kier alpha value is -1.94. The predicted octanol–water partition coefficient (Wildman–Crippen LogP) is 2.22. The highest BCUT2D eigenvalue weighted by molar-refractivity contribution is 5.25. The Kier molecular flexibility index (Phi) is 3.67. The molecule has 0 spiro atoms. The van der Waals surface area contributed by atoms with E-state index in [1.807, 2.05) is 12.1 Å². The lowest BCUT2D eigenvalue weighted by molar-refractivity contribution is 0.475. The molecule has 0 fully saturated rings. The average Bonchev–Trinajstić information content (AvgIpc) is 2.32. The van der Waals surface area contributed by atoms with E-state index in [2.05, 4.69) is 10.3 Å². The fourth-order valence-corrected chi connectivity index (χ4v) is 1.52. The molecule has 1 heterocycles. The second-order valence-electron chi connectivity index (χ2n) is 3.78. The lowest BCUT2D eigenvalue weighted by Crippen LogP contribution is -2.12. The van der Waals surface area contributed by atoms with Crippen LogP contribution in [-0.4, -0.2) is 10.1 Å². The second kappa shape index (κ2) is 5.41. The summed E-state index contributed by atoms with van der Waals surface area (Å²) in [5.74, 6) is -0.0722. The summed E-state index contributed by atoms with van der Waals surface area (Å²) >= 11 is 0. The smallest absolute Gasteiger partial charge is 0.141 e. The van der Waals surface area contributed by atoms with Gasteiger partial charge in [0.1, 0.15) is 11.6 Å². The average molecular weight is 232 g/mol. The van der Waals surface area contributed by atoms with Crippen LogP contribution in [0.2, 0.25) is 0 Å². The number of benzene rings is 1. The van der Waals surface area contributed by atoms with E-state index < -0.39 is 0 Å². The third kappa shape index (κ3) is 3.53. The zero-order valence-corrected chi connectivity index (χ0v) is 9.23. The maximum atomic E-state index is 12.8. The molecule has 0 bridgehead atoms. The Morgan fingerprint density at radius 2 is 1.76 bits per heavy atom. The van der Waals surface area contributed by atoms with Crippen LogP contribution < -0.4 is 5.32 Å². The summed E-state index contributed by atoms with van der Waals surface area (Å²) in [6, 6.07) is 8.41. The van der Waals surface area contributed by atoms with Crippen LogP contribution in [-0.2, 0) is 13.1 Å². The van der Waals surface area contributed by atoms with Crippen molar-refractivity contribution in [1.82, 2.24) is 10.3 Å². The zero-order valence-electron chi connectivity index (χ0n) is 9.23. The molecule has 0 saturated carbocycles. The molecular weight excluding hydrogens is 219 g/mol. The number of aromatic hydroxyl groups is 1. The van der Waals surface area contributed by atoms with Crippen molar-refractivity contribution in [3.63, 3.8) is 0 Å². The van der Waals surface area contributed by atoms with E-state index in [0.29, 0.717) is 13.1 Å². The molecule has 4 heteroatoms. The fourth-order valence-electron chi connectivity index (χ4n) is 1.52. The van der Waals surface area contributed by atoms with Crippen molar-refractivity contribution in [2.45, 2.75) is 13.1 Å². The molecule has 17 heavy (non-hydrogen) atoms. The molecule has 1 aromatic carbocycles. The molecule has 0 aliphatic rings. The first-order chi connectivity index (χ1) is 8.24. The number of halogens is 1. The van der Waals surface area contributed by atoms with Crippen LogP contribution in [0.1, 0.15) is 11.1 Å². The molecule has 0 amide bonds. The molecular formula is C13H13FN2O. The number of phenolic OH excluding ortho intramolecular Hbond substituents is 1. The van der Waals surface area contributed by atoms with Crippen LogP contribution in [0.25, 0.3) is 0 Å². The largest absolute Gasteiger partial charge is 0.508 e. The zero-order chi connectivity index (χ0) is 12.1. The summed E-state index contributed by atoms with van der Waals surface area (Å²) in [7, 11) is 0. The molecule has 0 atom stereocenters. The van der Waals surface area contributed by atoms with Crippen molar-refractivity contribution in [3.8, 4) is 5.75 Å². The van der Waals surface area contributed by atoms with Gasteiger partial charge >= 0.3 is 0 Å². The van der Waals surface area contributed by atoms with Crippen LogP contribution >= 0.6 is 0 Å². The number of hydrogen-bond acceptors (Lipinski definition) is 3. The number of nitrogens with zero attached hydrogens (tertiary/aromatic N) is 1. The van der Waals surface area contributed by atoms with E-state index in [4.69, 9.17) is 5.11 Å². The van der Waals surface area contributed by atoms with Gasteiger partial charge in [0.25, 0.3) is 0 Å². The maximum absolute atomic E-state index is 12.8. The molecule has 0 saturated heterocycles. The Labute approximate surface area is 98.9 Å². The standard InChI is InChI=1S/C13H13FN2O/c14-12-5-11(8-16-9-12)7-15-6-10-1-3-13(17)4-2-10/h1-5,8-9,15,17H,6-7H2. The second-order valence-corrected chi connectivity index (χ2v) is 3.78. The monoisotopic (exact) mass is 232 g/mol. The first-order valence-electron chi connectivity index (χ1n) is 5.32. The van der Waals surface area contributed by atoms with Gasteiger partial charge in [0.05, 0.1) is 6.20 Å². The van der Waals surface area contributed by atoms with Crippen molar-refractivity contribution in [1.29, 1.82) is 0 Å². The minimum Gasteiger partial charge on any atom is -0.508 e.